The minimum absolute atomic E-state index is 0.379. The van der Waals surface area contributed by atoms with Crippen LogP contribution in [-0.4, -0.2) is 5.11 Å². The molecule has 0 amide bonds. The third kappa shape index (κ3) is 6.47. The van der Waals surface area contributed by atoms with Gasteiger partial charge in [-0.1, -0.05) is 103 Å². The lowest BCUT2D eigenvalue weighted by Crippen LogP contribution is -2.24. The fraction of sp³-hybridized carbons (Fsp3) is 0.615. The summed E-state index contributed by atoms with van der Waals surface area (Å²) in [5.41, 5.74) is 4.38. The molecule has 29 heavy (non-hydrogen) atoms. The highest BCUT2D eigenvalue weighted by Crippen LogP contribution is 2.50. The second-order valence-electron chi connectivity index (χ2n) is 8.51. The second kappa shape index (κ2) is 12.3. The van der Waals surface area contributed by atoms with Gasteiger partial charge in [-0.05, 0) is 73.3 Å². The number of fused-ring (bicyclic) bond motifs is 1. The molecule has 1 N–H and O–H groups in total. The minimum atomic E-state index is 0.379. The van der Waals surface area contributed by atoms with E-state index in [1.54, 1.807) is 5.57 Å². The van der Waals surface area contributed by atoms with Crippen molar-refractivity contribution in [2.45, 2.75) is 91.4 Å². The van der Waals surface area contributed by atoms with Crippen LogP contribution >= 0.6 is 31.9 Å². The van der Waals surface area contributed by atoms with Crippen molar-refractivity contribution in [3.63, 3.8) is 0 Å². The number of hydrogen-bond acceptors (Lipinski definition) is 1. The molecule has 0 saturated heterocycles. The minimum Gasteiger partial charge on any atom is -0.508 e. The summed E-state index contributed by atoms with van der Waals surface area (Å²) in [6.07, 6.45) is 15.3. The predicted octanol–water partition coefficient (Wildman–Crippen LogP) is 9.43. The van der Waals surface area contributed by atoms with E-state index in [1.807, 2.05) is 12.1 Å². The molecule has 0 aliphatic heterocycles. The lowest BCUT2D eigenvalue weighted by molar-refractivity contribution is 0.284. The van der Waals surface area contributed by atoms with Gasteiger partial charge in [0.2, 0.25) is 0 Å². The molecular formula is C26H38Br2O. The number of phenols is 1. The zero-order valence-electron chi connectivity index (χ0n) is 18.6. The molecule has 0 radical (unpaired) electrons. The summed E-state index contributed by atoms with van der Waals surface area (Å²) in [4.78, 5) is 0. The molecule has 1 aliphatic rings. The molecule has 2 unspecified atom stereocenters. The van der Waals surface area contributed by atoms with Gasteiger partial charge in [0.25, 0.3) is 0 Å². The summed E-state index contributed by atoms with van der Waals surface area (Å²) >= 11 is 7.61. The van der Waals surface area contributed by atoms with Gasteiger partial charge >= 0.3 is 0 Å². The Morgan fingerprint density at radius 3 is 2.41 bits per heavy atom. The Morgan fingerprint density at radius 2 is 1.83 bits per heavy atom. The van der Waals surface area contributed by atoms with E-state index in [-0.39, 0.29) is 0 Å². The van der Waals surface area contributed by atoms with Crippen LogP contribution in [0.1, 0.15) is 96.1 Å². The smallest absolute Gasteiger partial charge is 0.116 e. The molecular weight excluding hydrogens is 488 g/mol. The molecule has 0 fully saturated rings. The molecule has 0 saturated carbocycles. The van der Waals surface area contributed by atoms with Crippen LogP contribution in [0.4, 0.5) is 0 Å². The first-order chi connectivity index (χ1) is 14.0. The van der Waals surface area contributed by atoms with Crippen molar-refractivity contribution in [3.8, 4) is 5.75 Å². The SMILES string of the molecule is C/C=C(Br)\C=C1\CCc2cc(O)cc(Br)c2C(C(CCC)CCC)C1CCCC. The van der Waals surface area contributed by atoms with Crippen LogP contribution < -0.4 is 0 Å². The van der Waals surface area contributed by atoms with Crippen LogP contribution in [-0.2, 0) is 6.42 Å². The van der Waals surface area contributed by atoms with Gasteiger partial charge in [0.15, 0.2) is 0 Å². The fourth-order valence-electron chi connectivity index (χ4n) is 5.17. The number of aryl methyl sites for hydroxylation is 1. The number of aromatic hydroxyl groups is 1. The summed E-state index contributed by atoms with van der Waals surface area (Å²) < 4.78 is 2.28. The number of benzene rings is 1. The van der Waals surface area contributed by atoms with Crippen molar-refractivity contribution in [2.24, 2.45) is 11.8 Å². The Morgan fingerprint density at radius 1 is 1.14 bits per heavy atom. The highest BCUT2D eigenvalue weighted by molar-refractivity contribution is 9.12. The van der Waals surface area contributed by atoms with E-state index in [2.05, 4.69) is 71.7 Å². The van der Waals surface area contributed by atoms with Crippen LogP contribution in [0.15, 0.2) is 38.8 Å². The van der Waals surface area contributed by atoms with Crippen molar-refractivity contribution in [1.29, 1.82) is 0 Å². The molecule has 2 atom stereocenters. The molecule has 1 aromatic rings. The third-order valence-corrected chi connectivity index (χ3v) is 7.76. The van der Waals surface area contributed by atoms with E-state index in [4.69, 9.17) is 0 Å². The van der Waals surface area contributed by atoms with E-state index in [1.165, 1.54) is 60.6 Å². The first-order valence-corrected chi connectivity index (χ1v) is 13.1. The predicted molar refractivity (Wildman–Crippen MR) is 134 cm³/mol. The molecule has 0 spiro atoms. The molecule has 1 nitrogen and oxygen atoms in total. The second-order valence-corrected chi connectivity index (χ2v) is 10.3. The summed E-state index contributed by atoms with van der Waals surface area (Å²) in [6, 6.07) is 3.93. The van der Waals surface area contributed by atoms with Gasteiger partial charge in [0.1, 0.15) is 5.75 Å². The zero-order chi connectivity index (χ0) is 21.4. The normalized spacial score (nSPS) is 21.5. The summed E-state index contributed by atoms with van der Waals surface area (Å²) in [5, 5.41) is 10.3. The van der Waals surface area contributed by atoms with Crippen LogP contribution in [0.2, 0.25) is 0 Å². The Kier molecular flexibility index (Phi) is 10.5. The van der Waals surface area contributed by atoms with Gasteiger partial charge in [-0.25, -0.2) is 0 Å². The number of phenolic OH excluding ortho intramolecular Hbond substituents is 1. The highest BCUT2D eigenvalue weighted by Gasteiger charge is 2.36. The largest absolute Gasteiger partial charge is 0.508 e. The van der Waals surface area contributed by atoms with E-state index >= 15 is 0 Å². The quantitative estimate of drug-likeness (QED) is 0.318. The monoisotopic (exact) mass is 524 g/mol. The van der Waals surface area contributed by atoms with Gasteiger partial charge in [0.05, 0.1) is 0 Å². The fourth-order valence-corrected chi connectivity index (χ4v) is 6.22. The summed E-state index contributed by atoms with van der Waals surface area (Å²) in [7, 11) is 0. The van der Waals surface area contributed by atoms with Crippen LogP contribution in [0.3, 0.4) is 0 Å². The van der Waals surface area contributed by atoms with Crippen molar-refractivity contribution in [1.82, 2.24) is 0 Å². The molecule has 1 aliphatic carbocycles. The van der Waals surface area contributed by atoms with Crippen molar-refractivity contribution in [3.05, 3.63) is 49.9 Å². The van der Waals surface area contributed by atoms with Crippen molar-refractivity contribution < 1.29 is 5.11 Å². The lowest BCUT2D eigenvalue weighted by Gasteiger charge is -2.36. The topological polar surface area (TPSA) is 20.2 Å². The third-order valence-electron chi connectivity index (χ3n) is 6.42. The molecule has 1 aromatic carbocycles. The molecule has 2 rings (SSSR count). The molecule has 162 valence electrons. The summed E-state index contributed by atoms with van der Waals surface area (Å²) in [5.74, 6) is 2.13. The molecule has 0 bridgehead atoms. The Labute approximate surface area is 195 Å². The number of rotatable bonds is 9. The first-order valence-electron chi connectivity index (χ1n) is 11.5. The number of allylic oxidation sites excluding steroid dienone is 4. The van der Waals surface area contributed by atoms with Crippen LogP contribution in [0.5, 0.6) is 5.75 Å². The molecule has 3 heteroatoms. The maximum absolute atomic E-state index is 10.3. The van der Waals surface area contributed by atoms with Crippen LogP contribution in [0, 0.1) is 11.8 Å². The Balaban J connectivity index is 2.69. The maximum Gasteiger partial charge on any atom is 0.116 e. The van der Waals surface area contributed by atoms with Crippen molar-refractivity contribution in [2.75, 3.05) is 0 Å². The highest BCUT2D eigenvalue weighted by atomic mass is 79.9. The standard InChI is InChI=1S/C26H38Br2O/c1-5-9-12-23-19(15-21(27)8-4)13-14-20-16-22(29)17-24(28)26(20)25(23)18(10-6-2)11-7-3/h8,15-18,23,25,29H,5-7,9-14H2,1-4H3/b19-15-,21-8+. The van der Waals surface area contributed by atoms with E-state index < -0.39 is 0 Å². The van der Waals surface area contributed by atoms with Gasteiger partial charge in [-0.3, -0.25) is 0 Å². The molecule has 0 heterocycles. The Hall–Kier alpha value is -0.540. The number of hydrogen-bond donors (Lipinski definition) is 1. The van der Waals surface area contributed by atoms with Crippen molar-refractivity contribution >= 4 is 31.9 Å². The van der Waals surface area contributed by atoms with Gasteiger partial charge in [0, 0.05) is 8.96 Å². The zero-order valence-corrected chi connectivity index (χ0v) is 21.8. The average molecular weight is 526 g/mol. The maximum atomic E-state index is 10.3. The van der Waals surface area contributed by atoms with Gasteiger partial charge < -0.3 is 5.11 Å². The van der Waals surface area contributed by atoms with E-state index in [9.17, 15) is 5.11 Å². The first kappa shape index (κ1) is 24.7. The summed E-state index contributed by atoms with van der Waals surface area (Å²) in [6.45, 7) is 9.03. The van der Waals surface area contributed by atoms with Gasteiger partial charge in [-0.2, -0.15) is 0 Å². The Bertz CT molecular complexity index is 714. The lowest BCUT2D eigenvalue weighted by atomic mass is 9.69. The average Bonchev–Trinajstić information content (AvgIpc) is 2.83. The number of unbranched alkanes of at least 4 members (excludes halogenated alkanes) is 1. The van der Waals surface area contributed by atoms with Crippen LogP contribution in [0.25, 0.3) is 0 Å². The number of halogens is 2. The van der Waals surface area contributed by atoms with E-state index in [0.717, 1.165) is 17.3 Å². The molecule has 0 aromatic heterocycles. The van der Waals surface area contributed by atoms with Gasteiger partial charge in [-0.15, -0.1) is 0 Å². The van der Waals surface area contributed by atoms with E-state index in [0.29, 0.717) is 23.5 Å².